The van der Waals surface area contributed by atoms with Gasteiger partial charge in [-0.25, -0.2) is 4.98 Å². The lowest BCUT2D eigenvalue weighted by atomic mass is 10.1. The lowest BCUT2D eigenvalue weighted by molar-refractivity contribution is 0.108. The highest BCUT2D eigenvalue weighted by molar-refractivity contribution is 6.68. The molecule has 0 aliphatic carbocycles. The lowest BCUT2D eigenvalue weighted by Crippen LogP contribution is -1.87. The molecule has 0 atom stereocenters. The van der Waals surface area contributed by atoms with Crippen LogP contribution < -0.4 is 0 Å². The SMILES string of the molecule is O=C(Cl)c1c[nH]c2ncc(-c3ccc(Cl)cc3)cc12. The van der Waals surface area contributed by atoms with E-state index in [0.29, 0.717) is 21.6 Å². The van der Waals surface area contributed by atoms with Crippen molar-refractivity contribution >= 4 is 39.5 Å². The number of carbonyl (C=O) groups is 1. The normalized spacial score (nSPS) is 10.8. The molecule has 94 valence electrons. The Hall–Kier alpha value is -1.84. The molecule has 0 saturated carbocycles. The number of hydrogen-bond acceptors (Lipinski definition) is 2. The quantitative estimate of drug-likeness (QED) is 0.717. The molecule has 0 saturated heterocycles. The summed E-state index contributed by atoms with van der Waals surface area (Å²) >= 11 is 11.4. The molecule has 0 spiro atoms. The Kier molecular flexibility index (Phi) is 3.01. The van der Waals surface area contributed by atoms with Crippen molar-refractivity contribution in [2.75, 3.05) is 0 Å². The van der Waals surface area contributed by atoms with Crippen molar-refractivity contribution in [2.45, 2.75) is 0 Å². The Labute approximate surface area is 119 Å². The number of rotatable bonds is 2. The average Bonchev–Trinajstić information content (AvgIpc) is 2.82. The maximum atomic E-state index is 11.3. The van der Waals surface area contributed by atoms with Gasteiger partial charge in [0.15, 0.2) is 0 Å². The van der Waals surface area contributed by atoms with Crippen molar-refractivity contribution in [1.82, 2.24) is 9.97 Å². The second-order valence-electron chi connectivity index (χ2n) is 4.10. The van der Waals surface area contributed by atoms with E-state index in [0.717, 1.165) is 11.1 Å². The van der Waals surface area contributed by atoms with E-state index in [-0.39, 0.29) is 0 Å². The number of aromatic amines is 1. The van der Waals surface area contributed by atoms with Crippen LogP contribution in [0.15, 0.2) is 42.7 Å². The topological polar surface area (TPSA) is 45.8 Å². The van der Waals surface area contributed by atoms with Gasteiger partial charge < -0.3 is 4.98 Å². The molecule has 0 unspecified atom stereocenters. The van der Waals surface area contributed by atoms with E-state index in [1.54, 1.807) is 12.4 Å². The van der Waals surface area contributed by atoms with Gasteiger partial charge in [0.25, 0.3) is 5.24 Å². The molecule has 0 radical (unpaired) electrons. The molecule has 19 heavy (non-hydrogen) atoms. The zero-order valence-electron chi connectivity index (χ0n) is 9.65. The van der Waals surface area contributed by atoms with Gasteiger partial charge in [0.2, 0.25) is 0 Å². The molecule has 2 aromatic heterocycles. The number of nitrogens with zero attached hydrogens (tertiary/aromatic N) is 1. The predicted octanol–water partition coefficient (Wildman–Crippen LogP) is 4.26. The van der Waals surface area contributed by atoms with Crippen molar-refractivity contribution in [1.29, 1.82) is 0 Å². The molecular weight excluding hydrogens is 283 g/mol. The molecule has 1 N–H and O–H groups in total. The first-order chi connectivity index (χ1) is 9.15. The Morgan fingerprint density at radius 3 is 2.58 bits per heavy atom. The lowest BCUT2D eigenvalue weighted by Gasteiger charge is -2.02. The van der Waals surface area contributed by atoms with Crippen LogP contribution in [-0.2, 0) is 0 Å². The number of nitrogens with one attached hydrogen (secondary N) is 1. The van der Waals surface area contributed by atoms with Crippen molar-refractivity contribution in [3.05, 3.63) is 53.3 Å². The number of H-pyrrole nitrogens is 1. The molecule has 0 fully saturated rings. The van der Waals surface area contributed by atoms with E-state index < -0.39 is 5.24 Å². The molecule has 1 aromatic carbocycles. The Balaban J connectivity index is 2.17. The van der Waals surface area contributed by atoms with E-state index in [1.165, 1.54) is 0 Å². The van der Waals surface area contributed by atoms with E-state index in [9.17, 15) is 4.79 Å². The van der Waals surface area contributed by atoms with Gasteiger partial charge in [0, 0.05) is 28.4 Å². The molecule has 2 heterocycles. The number of aromatic nitrogens is 2. The second-order valence-corrected chi connectivity index (χ2v) is 4.88. The Morgan fingerprint density at radius 1 is 1.16 bits per heavy atom. The zero-order chi connectivity index (χ0) is 13.4. The van der Waals surface area contributed by atoms with Crippen LogP contribution in [-0.4, -0.2) is 15.2 Å². The van der Waals surface area contributed by atoms with Gasteiger partial charge in [-0.2, -0.15) is 0 Å². The smallest absolute Gasteiger partial charge is 0.254 e. The van der Waals surface area contributed by atoms with Gasteiger partial charge in [0.05, 0.1) is 5.56 Å². The van der Waals surface area contributed by atoms with E-state index >= 15 is 0 Å². The first-order valence-electron chi connectivity index (χ1n) is 5.58. The summed E-state index contributed by atoms with van der Waals surface area (Å²) in [6, 6.07) is 9.31. The molecular formula is C14H8Cl2N2O. The maximum Gasteiger partial charge on any atom is 0.254 e. The summed E-state index contributed by atoms with van der Waals surface area (Å²) < 4.78 is 0. The number of pyridine rings is 1. The minimum absolute atomic E-state index is 0.431. The molecule has 3 rings (SSSR count). The summed E-state index contributed by atoms with van der Waals surface area (Å²) in [5.74, 6) is 0. The van der Waals surface area contributed by atoms with Crippen LogP contribution in [0.2, 0.25) is 5.02 Å². The zero-order valence-corrected chi connectivity index (χ0v) is 11.2. The largest absolute Gasteiger partial charge is 0.345 e. The summed E-state index contributed by atoms with van der Waals surface area (Å²) in [6.45, 7) is 0. The van der Waals surface area contributed by atoms with Crippen molar-refractivity contribution in [2.24, 2.45) is 0 Å². The van der Waals surface area contributed by atoms with Crippen LogP contribution in [0.5, 0.6) is 0 Å². The monoisotopic (exact) mass is 290 g/mol. The molecule has 3 nitrogen and oxygen atoms in total. The van der Waals surface area contributed by atoms with Crippen LogP contribution in [0.25, 0.3) is 22.2 Å². The minimum atomic E-state index is -0.499. The molecule has 0 aliphatic rings. The summed E-state index contributed by atoms with van der Waals surface area (Å²) in [6.07, 6.45) is 3.31. The third-order valence-electron chi connectivity index (χ3n) is 2.92. The third kappa shape index (κ3) is 2.23. The Bertz CT molecular complexity index is 763. The van der Waals surface area contributed by atoms with Crippen LogP contribution in [0.4, 0.5) is 0 Å². The van der Waals surface area contributed by atoms with Crippen molar-refractivity contribution in [3.8, 4) is 11.1 Å². The number of benzene rings is 1. The van der Waals surface area contributed by atoms with E-state index in [4.69, 9.17) is 23.2 Å². The molecule has 3 aromatic rings. The van der Waals surface area contributed by atoms with Crippen molar-refractivity contribution < 1.29 is 4.79 Å². The fourth-order valence-electron chi connectivity index (χ4n) is 1.97. The first kappa shape index (κ1) is 12.2. The number of carbonyl (C=O) groups excluding carboxylic acids is 1. The summed E-state index contributed by atoms with van der Waals surface area (Å²) in [4.78, 5) is 18.5. The van der Waals surface area contributed by atoms with E-state index in [2.05, 4.69) is 9.97 Å². The van der Waals surface area contributed by atoms with Gasteiger partial charge in [-0.1, -0.05) is 23.7 Å². The Morgan fingerprint density at radius 2 is 1.89 bits per heavy atom. The number of halogens is 2. The van der Waals surface area contributed by atoms with Gasteiger partial charge in [-0.3, -0.25) is 4.79 Å². The van der Waals surface area contributed by atoms with Crippen LogP contribution >= 0.6 is 23.2 Å². The molecule has 0 amide bonds. The first-order valence-corrected chi connectivity index (χ1v) is 6.33. The van der Waals surface area contributed by atoms with Crippen LogP contribution in [0, 0.1) is 0 Å². The highest BCUT2D eigenvalue weighted by Crippen LogP contribution is 2.26. The van der Waals surface area contributed by atoms with Crippen LogP contribution in [0.1, 0.15) is 10.4 Å². The van der Waals surface area contributed by atoms with E-state index in [1.807, 2.05) is 30.3 Å². The number of fused-ring (bicyclic) bond motifs is 1. The summed E-state index contributed by atoms with van der Waals surface area (Å²) in [5, 5.41) is 0.893. The minimum Gasteiger partial charge on any atom is -0.345 e. The third-order valence-corrected chi connectivity index (χ3v) is 3.38. The highest BCUT2D eigenvalue weighted by Gasteiger charge is 2.11. The summed E-state index contributed by atoms with van der Waals surface area (Å²) in [5.41, 5.74) is 2.96. The van der Waals surface area contributed by atoms with Gasteiger partial charge in [-0.05, 0) is 35.4 Å². The highest BCUT2D eigenvalue weighted by atomic mass is 35.5. The molecule has 0 aliphatic heterocycles. The second kappa shape index (κ2) is 4.68. The van der Waals surface area contributed by atoms with Crippen LogP contribution in [0.3, 0.4) is 0 Å². The molecule has 0 bridgehead atoms. The maximum absolute atomic E-state index is 11.3. The standard InChI is InChI=1S/C14H8Cl2N2O/c15-10-3-1-8(2-4-10)9-5-11-12(13(16)19)7-18-14(11)17-6-9/h1-7H,(H,17,18). The van der Waals surface area contributed by atoms with Gasteiger partial charge in [-0.15, -0.1) is 0 Å². The average molecular weight is 291 g/mol. The fraction of sp³-hybridized carbons (Fsp3) is 0. The fourth-order valence-corrected chi connectivity index (χ4v) is 2.25. The van der Waals surface area contributed by atoms with Crippen molar-refractivity contribution in [3.63, 3.8) is 0 Å². The van der Waals surface area contributed by atoms with Gasteiger partial charge >= 0.3 is 0 Å². The summed E-state index contributed by atoms with van der Waals surface area (Å²) in [7, 11) is 0. The molecule has 5 heteroatoms. The number of hydrogen-bond donors (Lipinski definition) is 1. The predicted molar refractivity (Wildman–Crippen MR) is 76.7 cm³/mol. The van der Waals surface area contributed by atoms with Gasteiger partial charge in [0.1, 0.15) is 5.65 Å².